The van der Waals surface area contributed by atoms with Crippen LogP contribution < -0.4 is 0 Å². The highest BCUT2D eigenvalue weighted by Gasteiger charge is 2.19. The fraction of sp³-hybridized carbons (Fsp3) is 0. The van der Waals surface area contributed by atoms with Crippen LogP contribution in [0.3, 0.4) is 0 Å². The van der Waals surface area contributed by atoms with Crippen molar-refractivity contribution < 1.29 is 13.2 Å². The van der Waals surface area contributed by atoms with Crippen molar-refractivity contribution >= 4 is 14.7 Å². The number of hydrogen-bond donors (Lipinski definition) is 0. The zero-order valence-electron chi connectivity index (χ0n) is 7.25. The van der Waals surface area contributed by atoms with Crippen LogP contribution in [0.25, 0.3) is 4.91 Å². The lowest BCUT2D eigenvalue weighted by molar-refractivity contribution is 0.404. The van der Waals surface area contributed by atoms with Gasteiger partial charge in [-0.15, -0.1) is 0 Å². The molecule has 0 N–H and O–H groups in total. The molecule has 1 aliphatic rings. The number of sulfone groups is 1. The molecule has 1 aromatic rings. The predicted molar refractivity (Wildman–Crippen MR) is 53.6 cm³/mol. The lowest BCUT2D eigenvalue weighted by Gasteiger charge is -2.08. The average Bonchev–Trinajstić information content (AvgIpc) is 2.18. The fourth-order valence-electron chi connectivity index (χ4n) is 1.18. The standard InChI is InChI=1S/C10H8O3S/c11-14(12)7-6-13-8-10(14)9-4-2-1-3-5-9/h1-8H. The summed E-state index contributed by atoms with van der Waals surface area (Å²) >= 11 is 0. The summed E-state index contributed by atoms with van der Waals surface area (Å²) in [5.41, 5.74) is 0.636. The molecule has 4 heteroatoms. The third-order valence-corrected chi connectivity index (χ3v) is 3.27. The van der Waals surface area contributed by atoms with Crippen molar-refractivity contribution in [1.29, 1.82) is 0 Å². The van der Waals surface area contributed by atoms with Crippen molar-refractivity contribution in [3.8, 4) is 0 Å². The first-order valence-corrected chi connectivity index (χ1v) is 5.57. The predicted octanol–water partition coefficient (Wildman–Crippen LogP) is 1.90. The monoisotopic (exact) mass is 208 g/mol. The summed E-state index contributed by atoms with van der Waals surface area (Å²) in [5.74, 6) is 0. The van der Waals surface area contributed by atoms with Crippen molar-refractivity contribution in [2.24, 2.45) is 0 Å². The third kappa shape index (κ3) is 1.56. The Morgan fingerprint density at radius 3 is 2.43 bits per heavy atom. The highest BCUT2D eigenvalue weighted by molar-refractivity contribution is 8.03. The third-order valence-electron chi connectivity index (χ3n) is 1.85. The second kappa shape index (κ2) is 3.31. The maximum Gasteiger partial charge on any atom is 0.206 e. The van der Waals surface area contributed by atoms with Gasteiger partial charge in [0, 0.05) is 0 Å². The SMILES string of the molecule is O=S1(=O)C=COC=C1c1ccccc1. The van der Waals surface area contributed by atoms with E-state index >= 15 is 0 Å². The fourth-order valence-corrected chi connectivity index (χ4v) is 2.19. The van der Waals surface area contributed by atoms with E-state index in [1.54, 1.807) is 24.3 Å². The smallest absolute Gasteiger partial charge is 0.206 e. The highest BCUT2D eigenvalue weighted by Crippen LogP contribution is 2.24. The molecule has 0 fully saturated rings. The molecule has 3 nitrogen and oxygen atoms in total. The van der Waals surface area contributed by atoms with Crippen LogP contribution in [0, 0.1) is 0 Å². The molecule has 0 spiro atoms. The zero-order valence-corrected chi connectivity index (χ0v) is 8.07. The van der Waals surface area contributed by atoms with Crippen LogP contribution in [0.1, 0.15) is 5.56 Å². The van der Waals surface area contributed by atoms with Gasteiger partial charge in [0.1, 0.15) is 17.4 Å². The molecule has 0 radical (unpaired) electrons. The summed E-state index contributed by atoms with van der Waals surface area (Å²) in [5, 5.41) is 1.05. The molecule has 14 heavy (non-hydrogen) atoms. The van der Waals surface area contributed by atoms with E-state index in [-0.39, 0.29) is 4.91 Å². The van der Waals surface area contributed by atoms with Gasteiger partial charge in [0.2, 0.25) is 9.84 Å². The molecule has 0 amide bonds. The van der Waals surface area contributed by atoms with Crippen LogP contribution in [0.5, 0.6) is 0 Å². The van der Waals surface area contributed by atoms with E-state index in [9.17, 15) is 8.42 Å². The molecule has 0 atom stereocenters. The molecule has 0 saturated heterocycles. The van der Waals surface area contributed by atoms with Crippen LogP contribution in [-0.2, 0) is 14.6 Å². The molecule has 0 aliphatic carbocycles. The van der Waals surface area contributed by atoms with E-state index in [2.05, 4.69) is 0 Å². The van der Waals surface area contributed by atoms with Gasteiger partial charge in [-0.2, -0.15) is 0 Å². The molecule has 2 rings (SSSR count). The van der Waals surface area contributed by atoms with Gasteiger partial charge in [0.05, 0.1) is 5.41 Å². The summed E-state index contributed by atoms with van der Waals surface area (Å²) in [7, 11) is -3.32. The summed E-state index contributed by atoms with van der Waals surface area (Å²) in [6.45, 7) is 0. The van der Waals surface area contributed by atoms with Gasteiger partial charge >= 0.3 is 0 Å². The van der Waals surface area contributed by atoms with Gasteiger partial charge in [-0.3, -0.25) is 0 Å². The highest BCUT2D eigenvalue weighted by atomic mass is 32.2. The first-order valence-electron chi connectivity index (χ1n) is 4.03. The maximum atomic E-state index is 11.5. The second-order valence-electron chi connectivity index (χ2n) is 2.80. The first kappa shape index (κ1) is 9.02. The number of rotatable bonds is 1. The van der Waals surface area contributed by atoms with Crippen LogP contribution in [0.4, 0.5) is 0 Å². The summed E-state index contributed by atoms with van der Waals surface area (Å²) < 4.78 is 27.9. The van der Waals surface area contributed by atoms with E-state index in [1.807, 2.05) is 6.07 Å². The summed E-state index contributed by atoms with van der Waals surface area (Å²) in [4.78, 5) is 0.195. The topological polar surface area (TPSA) is 43.4 Å². The van der Waals surface area contributed by atoms with Gasteiger partial charge in [0.25, 0.3) is 0 Å². The van der Waals surface area contributed by atoms with Crippen molar-refractivity contribution in [2.75, 3.05) is 0 Å². The van der Waals surface area contributed by atoms with Gasteiger partial charge in [-0.1, -0.05) is 30.3 Å². The van der Waals surface area contributed by atoms with Crippen molar-refractivity contribution in [3.63, 3.8) is 0 Å². The van der Waals surface area contributed by atoms with E-state index in [0.29, 0.717) is 5.56 Å². The van der Waals surface area contributed by atoms with Gasteiger partial charge in [0.15, 0.2) is 0 Å². The number of benzene rings is 1. The molecular weight excluding hydrogens is 200 g/mol. The van der Waals surface area contributed by atoms with Crippen molar-refractivity contribution in [1.82, 2.24) is 0 Å². The minimum atomic E-state index is -3.32. The van der Waals surface area contributed by atoms with Crippen LogP contribution in [0.2, 0.25) is 0 Å². The number of ether oxygens (including phenoxy) is 1. The van der Waals surface area contributed by atoms with Crippen molar-refractivity contribution in [2.45, 2.75) is 0 Å². The van der Waals surface area contributed by atoms with Gasteiger partial charge < -0.3 is 4.74 Å². The Balaban J connectivity index is 2.51. The number of hydrogen-bond acceptors (Lipinski definition) is 3. The molecular formula is C10H8O3S. The zero-order chi connectivity index (χ0) is 10.0. The molecule has 1 aromatic carbocycles. The van der Waals surface area contributed by atoms with Crippen LogP contribution in [-0.4, -0.2) is 8.42 Å². The summed E-state index contributed by atoms with van der Waals surface area (Å²) in [6.07, 6.45) is 2.40. The first-order chi connectivity index (χ1) is 6.70. The Bertz CT molecular complexity index is 483. The molecule has 0 aromatic heterocycles. The van der Waals surface area contributed by atoms with Crippen LogP contribution in [0.15, 0.2) is 48.3 Å². The molecule has 0 unspecified atom stereocenters. The average molecular weight is 208 g/mol. The Labute approximate surface area is 82.2 Å². The van der Waals surface area contributed by atoms with E-state index < -0.39 is 9.84 Å². The summed E-state index contributed by atoms with van der Waals surface area (Å²) in [6, 6.07) is 8.85. The lowest BCUT2D eigenvalue weighted by atomic mass is 10.2. The van der Waals surface area contributed by atoms with Gasteiger partial charge in [-0.25, -0.2) is 8.42 Å². The second-order valence-corrected chi connectivity index (χ2v) is 4.60. The quantitative estimate of drug-likeness (QED) is 0.708. The van der Waals surface area contributed by atoms with E-state index in [0.717, 1.165) is 11.7 Å². The largest absolute Gasteiger partial charge is 0.470 e. The minimum Gasteiger partial charge on any atom is -0.470 e. The molecule has 1 heterocycles. The maximum absolute atomic E-state index is 11.5. The molecule has 0 saturated carbocycles. The normalized spacial score (nSPS) is 18.4. The Morgan fingerprint density at radius 2 is 1.79 bits per heavy atom. The molecule has 72 valence electrons. The Morgan fingerprint density at radius 1 is 1.07 bits per heavy atom. The molecule has 0 bridgehead atoms. The van der Waals surface area contributed by atoms with Crippen LogP contribution >= 0.6 is 0 Å². The Kier molecular flexibility index (Phi) is 2.13. The van der Waals surface area contributed by atoms with E-state index in [4.69, 9.17) is 4.74 Å². The van der Waals surface area contributed by atoms with Gasteiger partial charge in [-0.05, 0) is 5.56 Å². The lowest BCUT2D eigenvalue weighted by Crippen LogP contribution is -2.03. The van der Waals surface area contributed by atoms with E-state index in [1.165, 1.54) is 6.26 Å². The molecule has 1 aliphatic heterocycles. The Hall–Kier alpha value is -1.55. The van der Waals surface area contributed by atoms with Crippen molar-refractivity contribution in [3.05, 3.63) is 53.8 Å². The minimum absolute atomic E-state index is 0.195.